The van der Waals surface area contributed by atoms with Gasteiger partial charge in [0.2, 0.25) is 0 Å². The lowest BCUT2D eigenvalue weighted by Gasteiger charge is -2.29. The van der Waals surface area contributed by atoms with Crippen LogP contribution in [0.4, 0.5) is 9.59 Å². The number of aliphatic hydroxyl groups excluding tert-OH is 3. The minimum atomic E-state index is -1.10. The lowest BCUT2D eigenvalue weighted by atomic mass is 9.96. The van der Waals surface area contributed by atoms with E-state index in [1.54, 1.807) is 47.6 Å². The first kappa shape index (κ1) is 45.8. The van der Waals surface area contributed by atoms with E-state index >= 15 is 0 Å². The second-order valence-corrected chi connectivity index (χ2v) is 13.4. The number of hydrogen-bond acceptors (Lipinski definition) is 12. The van der Waals surface area contributed by atoms with Crippen molar-refractivity contribution in [2.24, 2.45) is 11.8 Å². The Kier molecular flexibility index (Phi) is 20.0. The predicted octanol–water partition coefficient (Wildman–Crippen LogP) is 2.28. The number of Topliss-reactive ketones (excluding diaryl/α,β-unsaturated/α-hetero) is 2. The number of nitrogens with zero attached hydrogens (tertiary/aromatic N) is 2. The average molecular weight is 707 g/mol. The number of rotatable bonds is 11. The highest BCUT2D eigenvalue weighted by Gasteiger charge is 2.49. The maximum absolute atomic E-state index is 12.4. The third kappa shape index (κ3) is 15.6. The van der Waals surface area contributed by atoms with E-state index < -0.39 is 78.4 Å². The Morgan fingerprint density at radius 2 is 1.20 bits per heavy atom. The fourth-order valence-electron chi connectivity index (χ4n) is 5.00. The number of hydrogen-bond donors (Lipinski definition) is 3. The zero-order chi connectivity index (χ0) is 38.8. The monoisotopic (exact) mass is 706 g/mol. The van der Waals surface area contributed by atoms with Gasteiger partial charge in [0.15, 0.2) is 11.6 Å². The maximum atomic E-state index is 12.4. The van der Waals surface area contributed by atoms with E-state index in [1.807, 2.05) is 0 Å². The first-order valence-corrected chi connectivity index (χ1v) is 16.0. The van der Waals surface area contributed by atoms with Crippen LogP contribution in [0, 0.1) is 36.5 Å². The average Bonchev–Trinajstić information content (AvgIpc) is 3.55. The van der Waals surface area contributed by atoms with Crippen molar-refractivity contribution in [1.82, 2.24) is 9.80 Å². The molecule has 14 nitrogen and oxygen atoms in total. The van der Waals surface area contributed by atoms with E-state index in [0.29, 0.717) is 13.0 Å². The fraction of sp³-hybridized carbons (Fsp3) is 0.639. The molecule has 0 saturated carbocycles. The highest BCUT2D eigenvalue weighted by molar-refractivity contribution is 5.90. The first-order chi connectivity index (χ1) is 23.2. The van der Waals surface area contributed by atoms with Crippen molar-refractivity contribution in [3.63, 3.8) is 0 Å². The molecule has 6 atom stereocenters. The summed E-state index contributed by atoms with van der Waals surface area (Å²) in [5.41, 5.74) is -1.40. The van der Waals surface area contributed by atoms with Crippen molar-refractivity contribution in [2.75, 3.05) is 39.5 Å². The summed E-state index contributed by atoms with van der Waals surface area (Å²) in [4.78, 5) is 60.8. The summed E-state index contributed by atoms with van der Waals surface area (Å²) >= 11 is 0. The zero-order valence-electron chi connectivity index (χ0n) is 30.3. The van der Waals surface area contributed by atoms with Crippen LogP contribution in [-0.4, -0.2) is 130 Å². The van der Waals surface area contributed by atoms with E-state index in [9.17, 15) is 34.2 Å². The van der Waals surface area contributed by atoms with Crippen molar-refractivity contribution in [3.8, 4) is 24.7 Å². The van der Waals surface area contributed by atoms with Gasteiger partial charge in [0, 0.05) is 44.7 Å². The molecule has 0 aromatic rings. The van der Waals surface area contributed by atoms with Crippen LogP contribution in [0.2, 0.25) is 0 Å². The van der Waals surface area contributed by atoms with E-state index in [4.69, 9.17) is 32.2 Å². The first-order valence-electron chi connectivity index (χ1n) is 16.0. The quantitative estimate of drug-likeness (QED) is 0.123. The van der Waals surface area contributed by atoms with Crippen LogP contribution in [-0.2, 0) is 33.3 Å². The summed E-state index contributed by atoms with van der Waals surface area (Å²) in [5.74, 6) is 2.98. The zero-order valence-corrected chi connectivity index (χ0v) is 30.3. The maximum Gasteiger partial charge on any atom is 0.411 e. The van der Waals surface area contributed by atoms with Gasteiger partial charge < -0.3 is 34.3 Å². The second-order valence-electron chi connectivity index (χ2n) is 13.4. The van der Waals surface area contributed by atoms with Gasteiger partial charge in [0.25, 0.3) is 0 Å². The highest BCUT2D eigenvalue weighted by atomic mass is 16.6. The molecule has 3 N–H and O–H groups in total. The van der Waals surface area contributed by atoms with Gasteiger partial charge in [-0.3, -0.25) is 24.2 Å². The summed E-state index contributed by atoms with van der Waals surface area (Å²) in [6.07, 6.45) is 11.3. The number of ketones is 2. The van der Waals surface area contributed by atoms with Gasteiger partial charge in [0.05, 0.1) is 18.8 Å². The van der Waals surface area contributed by atoms with Gasteiger partial charge in [-0.2, -0.15) is 0 Å². The molecule has 280 valence electrons. The molecule has 14 heteroatoms. The van der Waals surface area contributed by atoms with Crippen LogP contribution in [0.3, 0.4) is 0 Å². The predicted molar refractivity (Wildman–Crippen MR) is 184 cm³/mol. The Morgan fingerprint density at radius 3 is 1.58 bits per heavy atom. The van der Waals surface area contributed by atoms with Crippen LogP contribution in [0.1, 0.15) is 61.3 Å². The molecular weight excluding hydrogens is 652 g/mol. The molecule has 0 aromatic heterocycles. The molecule has 2 saturated heterocycles. The topological polar surface area (TPSA) is 189 Å². The smallest absolute Gasteiger partial charge is 0.411 e. The van der Waals surface area contributed by atoms with Crippen LogP contribution in [0.15, 0.2) is 25.3 Å². The van der Waals surface area contributed by atoms with Gasteiger partial charge in [-0.25, -0.2) is 9.59 Å². The molecule has 0 unspecified atom stereocenters. The molecule has 0 radical (unpaired) electrons. The van der Waals surface area contributed by atoms with Gasteiger partial charge in [-0.05, 0) is 41.5 Å². The molecule has 2 fully saturated rings. The van der Waals surface area contributed by atoms with E-state index in [0.717, 1.165) is 4.90 Å². The summed E-state index contributed by atoms with van der Waals surface area (Å²) in [6, 6.07) is -2.01. The number of aliphatic hydroxyl groups is 3. The number of amides is 2. The Hall–Kier alpha value is -4.21. The van der Waals surface area contributed by atoms with Crippen LogP contribution in [0.25, 0.3) is 0 Å². The van der Waals surface area contributed by atoms with Crippen LogP contribution in [0.5, 0.6) is 0 Å². The van der Waals surface area contributed by atoms with Gasteiger partial charge in [-0.15, -0.1) is 31.3 Å². The van der Waals surface area contributed by atoms with Crippen molar-refractivity contribution < 1.29 is 58.2 Å². The molecular formula is C36H54N2O12. The molecule has 0 spiro atoms. The SMILES string of the molecule is C#CC[C@H]1CN(C(=O)OC(C)(C)C)[C@H](C(=O)CO)[C@@H]1O.C#CC[C@H]1CN(C(=O)OC(C)(C)C)[C@H](C(=O)CO)[C@@H]1OCC=C.C=CCOC(C)=O. The third-order valence-electron chi connectivity index (χ3n) is 6.91. The normalized spacial score (nSPS) is 22.6. The van der Waals surface area contributed by atoms with Crippen molar-refractivity contribution in [3.05, 3.63) is 25.3 Å². The Morgan fingerprint density at radius 1 is 0.780 bits per heavy atom. The number of carbonyl (C=O) groups is 5. The lowest BCUT2D eigenvalue weighted by molar-refractivity contribution is -0.139. The Labute approximate surface area is 295 Å². The summed E-state index contributed by atoms with van der Waals surface area (Å²) in [7, 11) is 0. The number of ether oxygens (including phenoxy) is 4. The van der Waals surface area contributed by atoms with Gasteiger partial charge in [0.1, 0.15) is 43.1 Å². The largest absolute Gasteiger partial charge is 0.462 e. The van der Waals surface area contributed by atoms with Gasteiger partial charge in [-0.1, -0.05) is 18.7 Å². The van der Waals surface area contributed by atoms with Gasteiger partial charge >= 0.3 is 18.2 Å². The summed E-state index contributed by atoms with van der Waals surface area (Å²) < 4.78 is 20.7. The molecule has 0 aliphatic carbocycles. The summed E-state index contributed by atoms with van der Waals surface area (Å²) in [5, 5.41) is 28.3. The van der Waals surface area contributed by atoms with Crippen molar-refractivity contribution in [2.45, 2.75) is 96.8 Å². The number of carbonyl (C=O) groups excluding carboxylic acids is 5. The van der Waals surface area contributed by atoms with E-state index in [2.05, 4.69) is 29.7 Å². The number of esters is 1. The van der Waals surface area contributed by atoms with E-state index in [1.165, 1.54) is 17.9 Å². The molecule has 2 amide bonds. The third-order valence-corrected chi connectivity index (χ3v) is 6.91. The van der Waals surface area contributed by atoms with Crippen LogP contribution >= 0.6 is 0 Å². The van der Waals surface area contributed by atoms with Crippen LogP contribution < -0.4 is 0 Å². The minimum Gasteiger partial charge on any atom is -0.462 e. The second kappa shape index (κ2) is 21.8. The van der Waals surface area contributed by atoms with Crippen molar-refractivity contribution in [1.29, 1.82) is 0 Å². The number of likely N-dealkylation sites (tertiary alicyclic amines) is 2. The molecule has 0 bridgehead atoms. The van der Waals surface area contributed by atoms with Crippen molar-refractivity contribution >= 4 is 29.7 Å². The summed E-state index contributed by atoms with van der Waals surface area (Å²) in [6.45, 7) is 18.2. The lowest BCUT2D eigenvalue weighted by Crippen LogP contribution is -2.48. The fourth-order valence-corrected chi connectivity index (χ4v) is 5.00. The Balaban J connectivity index is 0.000000812. The molecule has 0 aromatic carbocycles. The highest BCUT2D eigenvalue weighted by Crippen LogP contribution is 2.31. The number of terminal acetylenes is 2. The molecule has 2 aliphatic rings. The standard InChI is InChI=1S/C17H25NO5.C14H21NO5.C5H8O2/c1-6-8-12-10-18(16(21)23-17(3,4)5)14(13(20)11-19)15(12)22-9-7-2;1-5-6-9-7-15(13(19)20-14(2,3)4)11(12(9)18)10(17)8-16;1-3-4-7-5(2)6/h1,7,12,14-15,19H,2,8-11H2,3-5H3;1,9,11-12,16,18H,6-8H2,2-4H3;3H,1,4H2,2H3/t12-,14+,15+;9-,11+,12+;/m00./s1. The minimum absolute atomic E-state index is 0.136. The molecule has 2 rings (SSSR count). The molecule has 2 aliphatic heterocycles. The molecule has 50 heavy (non-hydrogen) atoms. The Bertz CT molecular complexity index is 1250. The van der Waals surface area contributed by atoms with E-state index in [-0.39, 0.29) is 38.0 Å². The molecule has 2 heterocycles.